The molecule has 1 aliphatic heterocycles. The summed E-state index contributed by atoms with van der Waals surface area (Å²) in [4.78, 5) is 50.4. The molecule has 8 nitrogen and oxygen atoms in total. The number of benzene rings is 2. The summed E-state index contributed by atoms with van der Waals surface area (Å²) in [6, 6.07) is 11.2. The van der Waals surface area contributed by atoms with Crippen molar-refractivity contribution in [1.82, 2.24) is 0 Å². The summed E-state index contributed by atoms with van der Waals surface area (Å²) < 4.78 is 10.5. The Kier molecular flexibility index (Phi) is 7.02. The summed E-state index contributed by atoms with van der Waals surface area (Å²) >= 11 is 0. The molecule has 0 aliphatic carbocycles. The van der Waals surface area contributed by atoms with Crippen molar-refractivity contribution in [3.8, 4) is 5.75 Å². The van der Waals surface area contributed by atoms with Crippen LogP contribution in [0.3, 0.4) is 0 Å². The van der Waals surface area contributed by atoms with Gasteiger partial charge < -0.3 is 14.8 Å². The highest BCUT2D eigenvalue weighted by atomic mass is 16.5. The molecule has 2 aromatic carbocycles. The fourth-order valence-electron chi connectivity index (χ4n) is 3.10. The van der Waals surface area contributed by atoms with Crippen LogP contribution < -0.4 is 15.0 Å². The lowest BCUT2D eigenvalue weighted by Gasteiger charge is -2.29. The van der Waals surface area contributed by atoms with Crippen molar-refractivity contribution in [2.45, 2.75) is 26.7 Å². The number of ether oxygens (including phenoxy) is 2. The molecule has 0 saturated heterocycles. The third-order valence-electron chi connectivity index (χ3n) is 4.67. The van der Waals surface area contributed by atoms with Crippen LogP contribution in [0.2, 0.25) is 0 Å². The second-order valence-electron chi connectivity index (χ2n) is 6.99. The van der Waals surface area contributed by atoms with E-state index in [0.717, 1.165) is 0 Å². The highest BCUT2D eigenvalue weighted by Gasteiger charge is 2.28. The molecule has 1 N–H and O–H groups in total. The number of hydrogen-bond donors (Lipinski definition) is 1. The first-order valence-electron chi connectivity index (χ1n) is 10.1. The number of carbonyl (C=O) groups is 4. The summed E-state index contributed by atoms with van der Waals surface area (Å²) in [6.45, 7) is 3.51. The van der Waals surface area contributed by atoms with E-state index < -0.39 is 11.9 Å². The molecular weight excluding hydrogens is 400 g/mol. The molecule has 0 bridgehead atoms. The van der Waals surface area contributed by atoms with E-state index in [1.165, 1.54) is 11.0 Å². The zero-order valence-corrected chi connectivity index (χ0v) is 17.5. The normalized spacial score (nSPS) is 12.6. The van der Waals surface area contributed by atoms with Gasteiger partial charge in [-0.3, -0.25) is 19.3 Å². The molecule has 162 valence electrons. The third-order valence-corrected chi connectivity index (χ3v) is 4.67. The molecule has 0 saturated carbocycles. The number of Topliss-reactive ketones (excluding diaryl/α,β-unsaturated/α-hetero) is 1. The molecule has 1 aliphatic rings. The fourth-order valence-corrected chi connectivity index (χ4v) is 3.10. The Morgan fingerprint density at radius 2 is 1.90 bits per heavy atom. The summed E-state index contributed by atoms with van der Waals surface area (Å²) in [5.74, 6) is -0.950. The lowest BCUT2D eigenvalue weighted by atomic mass is 10.1. The van der Waals surface area contributed by atoms with Gasteiger partial charge in [-0.1, -0.05) is 19.9 Å². The number of fused-ring (bicyclic) bond motifs is 1. The number of rotatable bonds is 8. The predicted octanol–water partition coefficient (Wildman–Crippen LogP) is 3.21. The Balaban J connectivity index is 1.75. The highest BCUT2D eigenvalue weighted by Crippen LogP contribution is 2.33. The van der Waals surface area contributed by atoms with Gasteiger partial charge >= 0.3 is 5.97 Å². The molecule has 2 aromatic rings. The van der Waals surface area contributed by atoms with Gasteiger partial charge in [0, 0.05) is 17.7 Å². The van der Waals surface area contributed by atoms with Crippen LogP contribution in [0.15, 0.2) is 42.5 Å². The molecule has 0 radical (unpaired) electrons. The van der Waals surface area contributed by atoms with Crippen molar-refractivity contribution in [2.75, 3.05) is 30.0 Å². The van der Waals surface area contributed by atoms with Crippen molar-refractivity contribution in [1.29, 1.82) is 0 Å². The molecule has 0 aromatic heterocycles. The number of amides is 2. The van der Waals surface area contributed by atoms with Crippen molar-refractivity contribution in [3.05, 3.63) is 53.6 Å². The van der Waals surface area contributed by atoms with Crippen molar-refractivity contribution in [2.24, 2.45) is 0 Å². The molecule has 0 unspecified atom stereocenters. The first-order chi connectivity index (χ1) is 14.9. The van der Waals surface area contributed by atoms with Crippen LogP contribution in [0, 0.1) is 0 Å². The van der Waals surface area contributed by atoms with Crippen LogP contribution in [0.5, 0.6) is 5.75 Å². The Morgan fingerprint density at radius 1 is 1.10 bits per heavy atom. The smallest absolute Gasteiger partial charge is 0.338 e. The standard InChI is InChI=1S/C23H24N2O6/c1-3-10-30-23(29)16-6-5-7-17(11-16)24-21(27)13-25-18-12-15(19(26)4-2)8-9-20(18)31-14-22(25)28/h5-9,11-12H,3-4,10,13-14H2,1-2H3,(H,24,27). The number of anilines is 2. The minimum atomic E-state index is -0.469. The van der Waals surface area contributed by atoms with Crippen molar-refractivity contribution in [3.63, 3.8) is 0 Å². The van der Waals surface area contributed by atoms with Gasteiger partial charge in [-0.2, -0.15) is 0 Å². The number of nitrogens with zero attached hydrogens (tertiary/aromatic N) is 1. The van der Waals surface area contributed by atoms with E-state index in [2.05, 4.69) is 5.32 Å². The molecule has 0 fully saturated rings. The molecule has 0 atom stereocenters. The molecule has 31 heavy (non-hydrogen) atoms. The summed E-state index contributed by atoms with van der Waals surface area (Å²) in [6.07, 6.45) is 1.04. The number of esters is 1. The minimum Gasteiger partial charge on any atom is -0.482 e. The minimum absolute atomic E-state index is 0.0722. The quantitative estimate of drug-likeness (QED) is 0.516. The van der Waals surface area contributed by atoms with Gasteiger partial charge in [0.05, 0.1) is 17.9 Å². The summed E-state index contributed by atoms with van der Waals surface area (Å²) in [5.41, 5.74) is 1.56. The van der Waals surface area contributed by atoms with E-state index in [9.17, 15) is 19.2 Å². The van der Waals surface area contributed by atoms with E-state index in [1.54, 1.807) is 43.3 Å². The number of carbonyl (C=O) groups excluding carboxylic acids is 4. The third kappa shape index (κ3) is 5.28. The maximum atomic E-state index is 12.6. The fraction of sp³-hybridized carbons (Fsp3) is 0.304. The molecule has 1 heterocycles. The van der Waals surface area contributed by atoms with Crippen LogP contribution >= 0.6 is 0 Å². The molecule has 3 rings (SSSR count). The Labute approximate surface area is 180 Å². The molecule has 2 amide bonds. The molecule has 0 spiro atoms. The monoisotopic (exact) mass is 424 g/mol. The second-order valence-corrected chi connectivity index (χ2v) is 6.99. The molecule has 8 heteroatoms. The van der Waals surface area contributed by atoms with Gasteiger partial charge in [0.1, 0.15) is 12.3 Å². The lowest BCUT2D eigenvalue weighted by molar-refractivity contribution is -0.123. The second kappa shape index (κ2) is 9.88. The average molecular weight is 424 g/mol. The van der Waals surface area contributed by atoms with Gasteiger partial charge in [0.2, 0.25) is 5.91 Å². The van der Waals surface area contributed by atoms with E-state index >= 15 is 0 Å². The Hall–Kier alpha value is -3.68. The van der Waals surface area contributed by atoms with Crippen LogP contribution in [0.1, 0.15) is 47.4 Å². The zero-order valence-electron chi connectivity index (χ0n) is 17.5. The maximum absolute atomic E-state index is 12.6. The first-order valence-corrected chi connectivity index (χ1v) is 10.1. The first kappa shape index (κ1) is 22.0. The van der Waals surface area contributed by atoms with Crippen molar-refractivity contribution >= 4 is 34.9 Å². The summed E-state index contributed by atoms with van der Waals surface area (Å²) in [5, 5.41) is 2.69. The van der Waals surface area contributed by atoms with E-state index in [0.29, 0.717) is 47.7 Å². The van der Waals surface area contributed by atoms with Crippen molar-refractivity contribution < 1.29 is 28.7 Å². The highest BCUT2D eigenvalue weighted by molar-refractivity contribution is 6.06. The zero-order chi connectivity index (χ0) is 22.4. The average Bonchev–Trinajstić information content (AvgIpc) is 2.78. The van der Waals surface area contributed by atoms with E-state index in [-0.39, 0.29) is 24.8 Å². The Morgan fingerprint density at radius 3 is 2.65 bits per heavy atom. The van der Waals surface area contributed by atoms with Crippen LogP contribution in [-0.2, 0) is 14.3 Å². The lowest BCUT2D eigenvalue weighted by Crippen LogP contribution is -2.43. The van der Waals surface area contributed by atoms with Crippen LogP contribution in [0.25, 0.3) is 0 Å². The maximum Gasteiger partial charge on any atom is 0.338 e. The van der Waals surface area contributed by atoms with Gasteiger partial charge in [0.25, 0.3) is 5.91 Å². The number of ketones is 1. The van der Waals surface area contributed by atoms with E-state index in [4.69, 9.17) is 9.47 Å². The van der Waals surface area contributed by atoms with Crippen LogP contribution in [-0.4, -0.2) is 43.3 Å². The largest absolute Gasteiger partial charge is 0.482 e. The summed E-state index contributed by atoms with van der Waals surface area (Å²) in [7, 11) is 0. The SMILES string of the molecule is CCCOC(=O)c1cccc(NC(=O)CN2C(=O)COc3ccc(C(=O)CC)cc32)c1. The van der Waals surface area contributed by atoms with Gasteiger partial charge in [-0.25, -0.2) is 4.79 Å². The molecular formula is C23H24N2O6. The topological polar surface area (TPSA) is 102 Å². The number of nitrogens with one attached hydrogen (secondary N) is 1. The van der Waals surface area contributed by atoms with Gasteiger partial charge in [-0.05, 0) is 42.8 Å². The van der Waals surface area contributed by atoms with Gasteiger partial charge in [-0.15, -0.1) is 0 Å². The van der Waals surface area contributed by atoms with Gasteiger partial charge in [0.15, 0.2) is 12.4 Å². The Bertz CT molecular complexity index is 1020. The predicted molar refractivity (Wildman–Crippen MR) is 115 cm³/mol. The van der Waals surface area contributed by atoms with E-state index in [1.807, 2.05) is 6.92 Å². The van der Waals surface area contributed by atoms with Crippen LogP contribution in [0.4, 0.5) is 11.4 Å². The number of hydrogen-bond acceptors (Lipinski definition) is 6.